The molecule has 1 heterocycles. The summed E-state index contributed by atoms with van der Waals surface area (Å²) in [7, 11) is 0. The smallest absolute Gasteiger partial charge is 0.338 e. The average Bonchev–Trinajstić information content (AvgIpc) is 2.87. The number of rotatable bonds is 1. The van der Waals surface area contributed by atoms with Crippen LogP contribution in [0.4, 0.5) is 22.0 Å². The Labute approximate surface area is 115 Å². The van der Waals surface area contributed by atoms with Crippen LogP contribution >= 0.6 is 0 Å². The number of halogens is 5. The van der Waals surface area contributed by atoms with E-state index in [0.29, 0.717) is 0 Å². The molecule has 1 aromatic heterocycles. The molecule has 2 nitrogen and oxygen atoms in total. The summed E-state index contributed by atoms with van der Waals surface area (Å²) >= 11 is 0. The van der Waals surface area contributed by atoms with Crippen molar-refractivity contribution in [3.63, 3.8) is 0 Å². The summed E-state index contributed by atoms with van der Waals surface area (Å²) in [5.41, 5.74) is -0.739. The van der Waals surface area contributed by atoms with Gasteiger partial charge in [-0.1, -0.05) is 12.1 Å². The van der Waals surface area contributed by atoms with Crippen molar-refractivity contribution < 1.29 is 22.0 Å². The van der Waals surface area contributed by atoms with Gasteiger partial charge in [0.1, 0.15) is 11.3 Å². The van der Waals surface area contributed by atoms with Gasteiger partial charge in [0, 0.05) is 5.56 Å². The van der Waals surface area contributed by atoms with Gasteiger partial charge in [0.25, 0.3) is 0 Å². The van der Waals surface area contributed by atoms with Crippen LogP contribution in [-0.2, 0) is 6.18 Å². The first-order valence-electron chi connectivity index (χ1n) is 5.87. The zero-order valence-electron chi connectivity index (χ0n) is 10.3. The van der Waals surface area contributed by atoms with E-state index in [4.69, 9.17) is 0 Å². The maximum atomic E-state index is 13.6. The van der Waals surface area contributed by atoms with E-state index < -0.39 is 23.4 Å². The van der Waals surface area contributed by atoms with Crippen molar-refractivity contribution in [1.29, 1.82) is 0 Å². The molecule has 0 aliphatic rings. The minimum atomic E-state index is -4.49. The number of hydrogen-bond donors (Lipinski definition) is 1. The molecular formula is C14H7F5N2. The van der Waals surface area contributed by atoms with Gasteiger partial charge in [-0.15, -0.1) is 0 Å². The highest BCUT2D eigenvalue weighted by Crippen LogP contribution is 2.32. The molecule has 0 saturated heterocycles. The van der Waals surface area contributed by atoms with Crippen LogP contribution in [-0.4, -0.2) is 9.97 Å². The molecule has 1 N–H and O–H groups in total. The van der Waals surface area contributed by atoms with E-state index in [1.54, 1.807) is 0 Å². The molecule has 0 spiro atoms. The molecule has 3 aromatic rings. The quantitative estimate of drug-likeness (QED) is 0.657. The fourth-order valence-corrected chi connectivity index (χ4v) is 2.00. The fraction of sp³-hybridized carbons (Fsp3) is 0.0714. The summed E-state index contributed by atoms with van der Waals surface area (Å²) in [5.74, 6) is -2.16. The van der Waals surface area contributed by atoms with Crippen LogP contribution in [0, 0.1) is 11.6 Å². The van der Waals surface area contributed by atoms with Crippen LogP contribution in [0.15, 0.2) is 36.4 Å². The van der Waals surface area contributed by atoms with Crippen LogP contribution in [0.25, 0.3) is 22.4 Å². The van der Waals surface area contributed by atoms with Crippen molar-refractivity contribution in [1.82, 2.24) is 9.97 Å². The molecule has 0 bridgehead atoms. The van der Waals surface area contributed by atoms with Gasteiger partial charge < -0.3 is 4.98 Å². The van der Waals surface area contributed by atoms with Crippen LogP contribution in [0.2, 0.25) is 0 Å². The van der Waals surface area contributed by atoms with Gasteiger partial charge in [-0.25, -0.2) is 13.8 Å². The molecule has 0 radical (unpaired) electrons. The largest absolute Gasteiger partial charge is 0.416 e. The third-order valence-corrected chi connectivity index (χ3v) is 3.01. The molecule has 7 heteroatoms. The molecule has 0 aliphatic carbocycles. The number of fused-ring (bicyclic) bond motifs is 1. The van der Waals surface area contributed by atoms with E-state index in [9.17, 15) is 22.0 Å². The van der Waals surface area contributed by atoms with Gasteiger partial charge in [0.15, 0.2) is 11.6 Å². The first kappa shape index (κ1) is 13.5. The Balaban J connectivity index is 2.15. The molecule has 0 atom stereocenters. The Morgan fingerprint density at radius 3 is 2.48 bits per heavy atom. The molecule has 108 valence electrons. The highest BCUT2D eigenvalue weighted by molar-refractivity contribution is 5.80. The number of aromatic nitrogens is 2. The number of hydrogen-bond acceptors (Lipinski definition) is 1. The Morgan fingerprint density at radius 2 is 1.76 bits per heavy atom. The number of aromatic amines is 1. The highest BCUT2D eigenvalue weighted by Gasteiger charge is 2.30. The van der Waals surface area contributed by atoms with Gasteiger partial charge in [-0.3, -0.25) is 0 Å². The van der Waals surface area contributed by atoms with E-state index in [1.165, 1.54) is 18.2 Å². The number of H-pyrrole nitrogens is 1. The Bertz CT molecular complexity index is 820. The number of nitrogens with one attached hydrogen (secondary N) is 1. The van der Waals surface area contributed by atoms with E-state index >= 15 is 0 Å². The molecule has 0 fully saturated rings. The summed E-state index contributed by atoms with van der Waals surface area (Å²) in [6, 6.07) is 6.64. The monoisotopic (exact) mass is 298 g/mol. The second kappa shape index (κ2) is 4.54. The van der Waals surface area contributed by atoms with Crippen molar-refractivity contribution in [2.45, 2.75) is 6.18 Å². The summed E-state index contributed by atoms with van der Waals surface area (Å²) in [4.78, 5) is 6.50. The van der Waals surface area contributed by atoms with E-state index in [2.05, 4.69) is 9.97 Å². The van der Waals surface area contributed by atoms with Gasteiger partial charge in [-0.2, -0.15) is 13.2 Å². The standard InChI is InChI=1S/C14H7F5N2/c15-9-4-5-10-12(11(9)16)21-13(20-10)7-2-1-3-8(6-7)14(17,18)19/h1-6H,(H,20,21). The number of benzene rings is 2. The van der Waals surface area contributed by atoms with Crippen molar-refractivity contribution in [2.75, 3.05) is 0 Å². The molecular weight excluding hydrogens is 291 g/mol. The molecule has 0 saturated carbocycles. The predicted molar refractivity (Wildman–Crippen MR) is 66.4 cm³/mol. The first-order valence-corrected chi connectivity index (χ1v) is 5.87. The van der Waals surface area contributed by atoms with Gasteiger partial charge >= 0.3 is 6.18 Å². The van der Waals surface area contributed by atoms with Crippen molar-refractivity contribution >= 4 is 11.0 Å². The minimum absolute atomic E-state index is 0.0422. The molecule has 21 heavy (non-hydrogen) atoms. The van der Waals surface area contributed by atoms with Crippen molar-refractivity contribution in [2.24, 2.45) is 0 Å². The van der Waals surface area contributed by atoms with Gasteiger partial charge in [-0.05, 0) is 24.3 Å². The Morgan fingerprint density at radius 1 is 1.00 bits per heavy atom. The molecule has 0 aliphatic heterocycles. The molecule has 3 rings (SSSR count). The van der Waals surface area contributed by atoms with Gasteiger partial charge in [0.05, 0.1) is 11.1 Å². The van der Waals surface area contributed by atoms with Crippen LogP contribution in [0.5, 0.6) is 0 Å². The van der Waals surface area contributed by atoms with Crippen LogP contribution < -0.4 is 0 Å². The third kappa shape index (κ3) is 2.35. The second-order valence-electron chi connectivity index (χ2n) is 4.42. The molecule has 2 aromatic carbocycles. The lowest BCUT2D eigenvalue weighted by Crippen LogP contribution is -2.04. The SMILES string of the molecule is Fc1ccc2[nH]c(-c3cccc(C(F)(F)F)c3)nc2c1F. The first-order chi connectivity index (χ1) is 9.86. The number of nitrogens with zero attached hydrogens (tertiary/aromatic N) is 1. The molecule has 0 unspecified atom stereocenters. The van der Waals surface area contributed by atoms with E-state index in [1.807, 2.05) is 0 Å². The Hall–Kier alpha value is -2.44. The zero-order valence-corrected chi connectivity index (χ0v) is 10.3. The van der Waals surface area contributed by atoms with Crippen molar-refractivity contribution in [3.05, 3.63) is 53.6 Å². The van der Waals surface area contributed by atoms with Crippen LogP contribution in [0.1, 0.15) is 5.56 Å². The van der Waals surface area contributed by atoms with Crippen LogP contribution in [0.3, 0.4) is 0 Å². The molecule has 0 amide bonds. The highest BCUT2D eigenvalue weighted by atomic mass is 19.4. The van der Waals surface area contributed by atoms with E-state index in [-0.39, 0.29) is 22.4 Å². The fourth-order valence-electron chi connectivity index (χ4n) is 2.00. The summed E-state index contributed by atoms with van der Waals surface area (Å²) in [5, 5.41) is 0. The maximum Gasteiger partial charge on any atom is 0.416 e. The lowest BCUT2D eigenvalue weighted by molar-refractivity contribution is -0.137. The summed E-state index contributed by atoms with van der Waals surface area (Å²) in [6.07, 6.45) is -4.49. The lowest BCUT2D eigenvalue weighted by Gasteiger charge is -2.07. The van der Waals surface area contributed by atoms with Crippen molar-refractivity contribution in [3.8, 4) is 11.4 Å². The number of alkyl halides is 3. The third-order valence-electron chi connectivity index (χ3n) is 3.01. The predicted octanol–water partition coefficient (Wildman–Crippen LogP) is 4.53. The minimum Gasteiger partial charge on any atom is -0.338 e. The Kier molecular flexibility index (Phi) is 2.93. The number of imidazole rings is 1. The van der Waals surface area contributed by atoms with Gasteiger partial charge in [0.2, 0.25) is 0 Å². The summed E-state index contributed by atoms with van der Waals surface area (Å²) < 4.78 is 64.7. The van der Waals surface area contributed by atoms with E-state index in [0.717, 1.165) is 18.2 Å². The zero-order chi connectivity index (χ0) is 15.2. The topological polar surface area (TPSA) is 28.7 Å². The maximum absolute atomic E-state index is 13.6. The summed E-state index contributed by atoms with van der Waals surface area (Å²) in [6.45, 7) is 0. The average molecular weight is 298 g/mol. The second-order valence-corrected chi connectivity index (χ2v) is 4.42. The normalized spacial score (nSPS) is 12.0. The lowest BCUT2D eigenvalue weighted by atomic mass is 10.1.